The summed E-state index contributed by atoms with van der Waals surface area (Å²) in [6, 6.07) is 11.2. The second-order valence-corrected chi connectivity index (χ2v) is 6.38. The molecule has 0 saturated heterocycles. The summed E-state index contributed by atoms with van der Waals surface area (Å²) in [6.07, 6.45) is 0.273. The number of carbonyl (C=O) groups is 2. The van der Waals surface area contributed by atoms with Gasteiger partial charge in [-0.15, -0.1) is 0 Å². The number of benzene rings is 1. The van der Waals surface area contributed by atoms with Gasteiger partial charge in [0.25, 0.3) is 0 Å². The van der Waals surface area contributed by atoms with E-state index in [4.69, 9.17) is 4.52 Å². The van der Waals surface area contributed by atoms with Gasteiger partial charge < -0.3 is 19.6 Å². The number of amides is 2. The van der Waals surface area contributed by atoms with E-state index in [1.54, 1.807) is 17.9 Å². The maximum absolute atomic E-state index is 12.8. The molecule has 0 bridgehead atoms. The van der Waals surface area contributed by atoms with Crippen molar-refractivity contribution in [1.29, 1.82) is 0 Å². The summed E-state index contributed by atoms with van der Waals surface area (Å²) in [6.45, 7) is 8.94. The van der Waals surface area contributed by atoms with Gasteiger partial charge in [0.1, 0.15) is 5.76 Å². The molecule has 27 heavy (non-hydrogen) atoms. The molecule has 2 amide bonds. The fourth-order valence-electron chi connectivity index (χ4n) is 2.76. The van der Waals surface area contributed by atoms with Crippen molar-refractivity contribution in [2.45, 2.75) is 27.2 Å². The smallest absolute Gasteiger partial charge is 0.245 e. The minimum Gasteiger partial charge on any atom is -0.360 e. The molecule has 0 spiro atoms. The zero-order valence-electron chi connectivity index (χ0n) is 16.3. The molecule has 0 fully saturated rings. The molecule has 2 aromatic rings. The summed E-state index contributed by atoms with van der Waals surface area (Å²) in [5, 5.41) is 6.43. The average molecular weight is 372 g/mol. The highest BCUT2D eigenvalue weighted by Gasteiger charge is 2.19. The molecule has 0 aliphatic carbocycles. The summed E-state index contributed by atoms with van der Waals surface area (Å²) in [5.41, 5.74) is 0.933. The summed E-state index contributed by atoms with van der Waals surface area (Å²) >= 11 is 0. The molecule has 0 aliphatic rings. The number of hydrogen-bond acceptors (Lipinski definition) is 5. The number of hydrogen-bond donors (Lipinski definition) is 1. The Bertz CT molecular complexity index is 726. The molecule has 0 radical (unpaired) electrons. The lowest BCUT2D eigenvalue weighted by atomic mass is 10.1. The van der Waals surface area contributed by atoms with Crippen LogP contribution in [0.15, 0.2) is 40.9 Å². The Kier molecular flexibility index (Phi) is 8.00. The van der Waals surface area contributed by atoms with Gasteiger partial charge >= 0.3 is 0 Å². The molecule has 0 atom stereocenters. The topological polar surface area (TPSA) is 78.7 Å². The third-order valence-electron chi connectivity index (χ3n) is 4.36. The monoisotopic (exact) mass is 372 g/mol. The van der Waals surface area contributed by atoms with Crippen molar-refractivity contribution in [2.24, 2.45) is 0 Å². The Morgan fingerprint density at radius 3 is 2.41 bits per heavy atom. The lowest BCUT2D eigenvalue weighted by Gasteiger charge is -2.26. The first kappa shape index (κ1) is 20.6. The van der Waals surface area contributed by atoms with Crippen LogP contribution in [0.1, 0.15) is 25.2 Å². The quantitative estimate of drug-likeness (QED) is 0.692. The maximum Gasteiger partial charge on any atom is 0.245 e. The standard InChI is InChI=1S/C20H28N4O3/c1-4-23(5-2)11-12-24(20(26)14-17-9-7-6-8-10-17)15-19(25)21-18-13-16(3)27-22-18/h6-10,13H,4-5,11-12,14-15H2,1-3H3,(H,21,22,25). The molecule has 7 heteroatoms. The Balaban J connectivity index is 2.01. The van der Waals surface area contributed by atoms with Crippen molar-refractivity contribution >= 4 is 17.6 Å². The molecular formula is C20H28N4O3. The molecule has 1 heterocycles. The maximum atomic E-state index is 12.8. The van der Waals surface area contributed by atoms with Crippen LogP contribution in [0.3, 0.4) is 0 Å². The van der Waals surface area contributed by atoms with Crippen LogP contribution >= 0.6 is 0 Å². The first-order valence-corrected chi connectivity index (χ1v) is 9.29. The normalized spacial score (nSPS) is 10.8. The van der Waals surface area contributed by atoms with E-state index in [-0.39, 0.29) is 24.8 Å². The highest BCUT2D eigenvalue weighted by Crippen LogP contribution is 2.08. The van der Waals surface area contributed by atoms with E-state index in [2.05, 4.69) is 29.2 Å². The Hall–Kier alpha value is -2.67. The highest BCUT2D eigenvalue weighted by atomic mass is 16.5. The number of aromatic nitrogens is 1. The van der Waals surface area contributed by atoms with Crippen LogP contribution in [0.5, 0.6) is 0 Å². The van der Waals surface area contributed by atoms with E-state index in [1.807, 2.05) is 30.3 Å². The summed E-state index contributed by atoms with van der Waals surface area (Å²) < 4.78 is 4.95. The van der Waals surface area contributed by atoms with Crippen molar-refractivity contribution in [2.75, 3.05) is 38.0 Å². The van der Waals surface area contributed by atoms with Crippen LogP contribution in [-0.2, 0) is 16.0 Å². The first-order valence-electron chi connectivity index (χ1n) is 9.29. The number of aryl methyl sites for hydroxylation is 1. The van der Waals surface area contributed by atoms with Crippen LogP contribution in [0.2, 0.25) is 0 Å². The van der Waals surface area contributed by atoms with Gasteiger partial charge in [0.15, 0.2) is 5.82 Å². The molecular weight excluding hydrogens is 344 g/mol. The number of nitrogens with one attached hydrogen (secondary N) is 1. The second kappa shape index (κ2) is 10.5. The Morgan fingerprint density at radius 1 is 1.11 bits per heavy atom. The first-order chi connectivity index (χ1) is 13.0. The van der Waals surface area contributed by atoms with E-state index in [0.717, 1.165) is 25.2 Å². The third kappa shape index (κ3) is 6.86. The second-order valence-electron chi connectivity index (χ2n) is 6.38. The highest BCUT2D eigenvalue weighted by molar-refractivity contribution is 5.94. The molecule has 146 valence electrons. The van der Waals surface area contributed by atoms with Crippen molar-refractivity contribution in [1.82, 2.24) is 15.0 Å². The predicted octanol–water partition coefficient (Wildman–Crippen LogP) is 2.33. The van der Waals surface area contributed by atoms with Gasteiger partial charge in [-0.3, -0.25) is 9.59 Å². The molecule has 2 rings (SSSR count). The number of anilines is 1. The summed E-state index contributed by atoms with van der Waals surface area (Å²) in [4.78, 5) is 29.0. The van der Waals surface area contributed by atoms with Crippen LogP contribution in [-0.4, -0.2) is 59.5 Å². The third-order valence-corrected chi connectivity index (χ3v) is 4.36. The SMILES string of the molecule is CCN(CC)CCN(CC(=O)Nc1cc(C)on1)C(=O)Cc1ccccc1. The summed E-state index contributed by atoms with van der Waals surface area (Å²) in [7, 11) is 0. The van der Waals surface area contributed by atoms with E-state index < -0.39 is 0 Å². The van der Waals surface area contributed by atoms with Crippen LogP contribution in [0.25, 0.3) is 0 Å². The predicted molar refractivity (Wildman–Crippen MR) is 104 cm³/mol. The molecule has 1 aromatic carbocycles. The van der Waals surface area contributed by atoms with Crippen molar-refractivity contribution in [3.05, 3.63) is 47.7 Å². The Labute approximate surface area is 160 Å². The lowest BCUT2D eigenvalue weighted by Crippen LogP contribution is -2.43. The zero-order chi connectivity index (χ0) is 19.6. The number of nitrogens with zero attached hydrogens (tertiary/aromatic N) is 3. The number of likely N-dealkylation sites (N-methyl/N-ethyl adjacent to an activating group) is 1. The van der Waals surface area contributed by atoms with Gasteiger partial charge in [0, 0.05) is 19.2 Å². The molecule has 1 N–H and O–H groups in total. The fourth-order valence-corrected chi connectivity index (χ4v) is 2.76. The minimum atomic E-state index is -0.288. The van der Waals surface area contributed by atoms with Crippen molar-refractivity contribution in [3.63, 3.8) is 0 Å². The van der Waals surface area contributed by atoms with E-state index in [0.29, 0.717) is 18.1 Å². The lowest BCUT2D eigenvalue weighted by molar-refractivity contribution is -0.134. The molecule has 7 nitrogen and oxygen atoms in total. The zero-order valence-corrected chi connectivity index (χ0v) is 16.3. The summed E-state index contributed by atoms with van der Waals surface area (Å²) in [5.74, 6) is 0.615. The van der Waals surface area contributed by atoms with E-state index >= 15 is 0 Å². The molecule has 0 unspecified atom stereocenters. The van der Waals surface area contributed by atoms with Gasteiger partial charge in [0.2, 0.25) is 11.8 Å². The largest absolute Gasteiger partial charge is 0.360 e. The van der Waals surface area contributed by atoms with Gasteiger partial charge in [0.05, 0.1) is 13.0 Å². The van der Waals surface area contributed by atoms with E-state index in [9.17, 15) is 9.59 Å². The molecule has 0 aliphatic heterocycles. The van der Waals surface area contributed by atoms with Gasteiger partial charge in [-0.05, 0) is 25.6 Å². The van der Waals surface area contributed by atoms with Gasteiger partial charge in [-0.2, -0.15) is 0 Å². The number of carbonyl (C=O) groups excluding carboxylic acids is 2. The molecule has 0 saturated carbocycles. The van der Waals surface area contributed by atoms with E-state index in [1.165, 1.54) is 0 Å². The van der Waals surface area contributed by atoms with Crippen molar-refractivity contribution in [3.8, 4) is 0 Å². The fraction of sp³-hybridized carbons (Fsp3) is 0.450. The number of rotatable bonds is 10. The van der Waals surface area contributed by atoms with Gasteiger partial charge in [-0.1, -0.05) is 49.3 Å². The van der Waals surface area contributed by atoms with Crippen LogP contribution in [0, 0.1) is 6.92 Å². The average Bonchev–Trinajstić information content (AvgIpc) is 3.06. The van der Waals surface area contributed by atoms with Crippen LogP contribution in [0.4, 0.5) is 5.82 Å². The minimum absolute atomic E-state index is 0.0150. The van der Waals surface area contributed by atoms with Gasteiger partial charge in [-0.25, -0.2) is 0 Å². The molecule has 1 aromatic heterocycles. The van der Waals surface area contributed by atoms with Crippen molar-refractivity contribution < 1.29 is 14.1 Å². The Morgan fingerprint density at radius 2 is 1.81 bits per heavy atom. The van der Waals surface area contributed by atoms with Crippen LogP contribution < -0.4 is 5.32 Å².